The highest BCUT2D eigenvalue weighted by atomic mass is 16.4. The number of aromatic nitrogens is 1. The van der Waals surface area contributed by atoms with Crippen LogP contribution in [0.5, 0.6) is 0 Å². The van der Waals surface area contributed by atoms with Gasteiger partial charge < -0.3 is 9.52 Å². The zero-order valence-electron chi connectivity index (χ0n) is 17.7. The first-order valence-corrected chi connectivity index (χ1v) is 10.4. The molecule has 1 aromatic heterocycles. The molecule has 0 saturated carbocycles. The fourth-order valence-corrected chi connectivity index (χ4v) is 3.77. The van der Waals surface area contributed by atoms with E-state index in [0.717, 1.165) is 46.1 Å². The third-order valence-electron chi connectivity index (χ3n) is 5.29. The molecular formula is C28H23NO3. The average molecular weight is 421 g/mol. The summed E-state index contributed by atoms with van der Waals surface area (Å²) in [5, 5.41) is 8.88. The van der Waals surface area contributed by atoms with Crippen LogP contribution in [0.3, 0.4) is 0 Å². The zero-order valence-corrected chi connectivity index (χ0v) is 17.7. The number of nitrogens with zero attached hydrogens (tertiary/aromatic N) is 1. The molecular weight excluding hydrogens is 398 g/mol. The summed E-state index contributed by atoms with van der Waals surface area (Å²) in [6.45, 7) is 2.16. The molecule has 0 saturated heterocycles. The molecule has 0 unspecified atom stereocenters. The Labute approximate surface area is 187 Å². The van der Waals surface area contributed by atoms with Crippen LogP contribution in [-0.4, -0.2) is 16.1 Å². The standard InChI is InChI=1S/C28H23NO3/c1-2-25(21-6-4-3-5-7-21)28(23-11-8-20(9-12-23)10-17-27(30)31)24-15-13-22(14-16-24)26-18-29-19-32-26/h3-19H,2H2,1H3,(H,30,31)/b17-10+,28-25+. The van der Waals surface area contributed by atoms with Crippen molar-refractivity contribution in [2.75, 3.05) is 0 Å². The number of carbonyl (C=O) groups is 1. The van der Waals surface area contributed by atoms with E-state index in [1.54, 1.807) is 12.3 Å². The van der Waals surface area contributed by atoms with E-state index in [9.17, 15) is 4.79 Å². The molecule has 0 atom stereocenters. The fourth-order valence-electron chi connectivity index (χ4n) is 3.77. The van der Waals surface area contributed by atoms with E-state index >= 15 is 0 Å². The minimum absolute atomic E-state index is 0.732. The van der Waals surface area contributed by atoms with Gasteiger partial charge in [0.25, 0.3) is 0 Å². The number of carboxylic acids is 1. The van der Waals surface area contributed by atoms with Crippen molar-refractivity contribution < 1.29 is 14.3 Å². The monoisotopic (exact) mass is 421 g/mol. The maximum Gasteiger partial charge on any atom is 0.328 e. The number of hydrogen-bond donors (Lipinski definition) is 1. The lowest BCUT2D eigenvalue weighted by Crippen LogP contribution is -1.95. The van der Waals surface area contributed by atoms with Gasteiger partial charge in [0, 0.05) is 11.6 Å². The molecule has 1 heterocycles. The van der Waals surface area contributed by atoms with Crippen molar-refractivity contribution in [1.29, 1.82) is 0 Å². The van der Waals surface area contributed by atoms with Crippen LogP contribution in [0.1, 0.15) is 35.6 Å². The number of carboxylic acid groups (broad SMARTS) is 1. The van der Waals surface area contributed by atoms with E-state index in [0.29, 0.717) is 0 Å². The van der Waals surface area contributed by atoms with Crippen LogP contribution < -0.4 is 0 Å². The lowest BCUT2D eigenvalue weighted by Gasteiger charge is -2.17. The number of benzene rings is 3. The van der Waals surface area contributed by atoms with Gasteiger partial charge in [-0.3, -0.25) is 0 Å². The Kier molecular flexibility index (Phi) is 6.42. The summed E-state index contributed by atoms with van der Waals surface area (Å²) < 4.78 is 5.42. The summed E-state index contributed by atoms with van der Waals surface area (Å²) in [7, 11) is 0. The second kappa shape index (κ2) is 9.75. The van der Waals surface area contributed by atoms with E-state index in [1.807, 2.05) is 42.5 Å². The Balaban J connectivity index is 1.82. The first-order chi connectivity index (χ1) is 15.7. The van der Waals surface area contributed by atoms with Gasteiger partial charge in [0.2, 0.25) is 0 Å². The minimum Gasteiger partial charge on any atom is -0.478 e. The molecule has 3 aromatic carbocycles. The van der Waals surface area contributed by atoms with E-state index in [2.05, 4.69) is 48.3 Å². The maximum absolute atomic E-state index is 10.8. The highest BCUT2D eigenvalue weighted by Gasteiger charge is 2.13. The molecule has 1 N–H and O–H groups in total. The van der Waals surface area contributed by atoms with Gasteiger partial charge in [-0.15, -0.1) is 0 Å². The van der Waals surface area contributed by atoms with Crippen molar-refractivity contribution in [3.05, 3.63) is 120 Å². The third-order valence-corrected chi connectivity index (χ3v) is 5.29. The second-order valence-corrected chi connectivity index (χ2v) is 7.31. The van der Waals surface area contributed by atoms with Crippen LogP contribution >= 0.6 is 0 Å². The van der Waals surface area contributed by atoms with Gasteiger partial charge in [-0.2, -0.15) is 0 Å². The van der Waals surface area contributed by atoms with Crippen LogP contribution in [0.15, 0.2) is 102 Å². The smallest absolute Gasteiger partial charge is 0.328 e. The van der Waals surface area contributed by atoms with Crippen molar-refractivity contribution >= 4 is 23.2 Å². The Morgan fingerprint density at radius 2 is 1.56 bits per heavy atom. The Hall–Kier alpha value is -4.18. The van der Waals surface area contributed by atoms with Gasteiger partial charge >= 0.3 is 5.97 Å². The quantitative estimate of drug-likeness (QED) is 0.263. The topological polar surface area (TPSA) is 63.3 Å². The maximum atomic E-state index is 10.8. The van der Waals surface area contributed by atoms with Crippen LogP contribution in [0.25, 0.3) is 28.5 Å². The van der Waals surface area contributed by atoms with Gasteiger partial charge in [0.1, 0.15) is 0 Å². The molecule has 0 amide bonds. The summed E-state index contributed by atoms with van der Waals surface area (Å²) >= 11 is 0. The summed E-state index contributed by atoms with van der Waals surface area (Å²) in [6.07, 6.45) is 6.75. The van der Waals surface area contributed by atoms with Gasteiger partial charge in [-0.1, -0.05) is 85.8 Å². The molecule has 4 rings (SSSR count). The molecule has 4 heteroatoms. The first kappa shape index (κ1) is 21.1. The molecule has 0 aliphatic rings. The number of aliphatic carboxylic acids is 1. The van der Waals surface area contributed by atoms with Crippen molar-refractivity contribution in [2.45, 2.75) is 13.3 Å². The Bertz CT molecular complexity index is 1230. The molecule has 0 spiro atoms. The predicted molar refractivity (Wildman–Crippen MR) is 128 cm³/mol. The third kappa shape index (κ3) is 4.76. The molecule has 4 nitrogen and oxygen atoms in total. The molecule has 0 radical (unpaired) electrons. The van der Waals surface area contributed by atoms with Gasteiger partial charge in [-0.05, 0) is 45.9 Å². The molecule has 4 aromatic rings. The zero-order chi connectivity index (χ0) is 22.3. The molecule has 0 aliphatic heterocycles. The van der Waals surface area contributed by atoms with Crippen LogP contribution in [0, 0.1) is 0 Å². The van der Waals surface area contributed by atoms with Crippen LogP contribution in [0.4, 0.5) is 0 Å². The summed E-state index contributed by atoms with van der Waals surface area (Å²) in [5.74, 6) is -0.228. The van der Waals surface area contributed by atoms with Gasteiger partial charge in [-0.25, -0.2) is 9.78 Å². The average Bonchev–Trinajstić information content (AvgIpc) is 3.37. The van der Waals surface area contributed by atoms with E-state index in [-0.39, 0.29) is 0 Å². The molecule has 32 heavy (non-hydrogen) atoms. The molecule has 0 aliphatic carbocycles. The van der Waals surface area contributed by atoms with E-state index < -0.39 is 5.97 Å². The summed E-state index contributed by atoms with van der Waals surface area (Å²) in [4.78, 5) is 14.8. The highest BCUT2D eigenvalue weighted by molar-refractivity contribution is 5.99. The van der Waals surface area contributed by atoms with Crippen LogP contribution in [0.2, 0.25) is 0 Å². The highest BCUT2D eigenvalue weighted by Crippen LogP contribution is 2.35. The summed E-state index contributed by atoms with van der Waals surface area (Å²) in [6, 6.07) is 26.6. The Morgan fingerprint density at radius 1 is 0.906 bits per heavy atom. The first-order valence-electron chi connectivity index (χ1n) is 10.4. The predicted octanol–water partition coefficient (Wildman–Crippen LogP) is 6.81. The minimum atomic E-state index is -0.959. The Morgan fingerprint density at radius 3 is 2.12 bits per heavy atom. The lowest BCUT2D eigenvalue weighted by molar-refractivity contribution is -0.131. The number of hydrogen-bond acceptors (Lipinski definition) is 3. The van der Waals surface area contributed by atoms with E-state index in [4.69, 9.17) is 9.52 Å². The largest absolute Gasteiger partial charge is 0.478 e. The number of rotatable bonds is 7. The lowest BCUT2D eigenvalue weighted by atomic mass is 9.87. The number of allylic oxidation sites excluding steroid dienone is 1. The fraction of sp³-hybridized carbons (Fsp3) is 0.0714. The van der Waals surface area contributed by atoms with Crippen molar-refractivity contribution in [3.8, 4) is 11.3 Å². The second-order valence-electron chi connectivity index (χ2n) is 7.31. The molecule has 0 bridgehead atoms. The van der Waals surface area contributed by atoms with E-state index in [1.165, 1.54) is 17.5 Å². The van der Waals surface area contributed by atoms with Crippen LogP contribution in [-0.2, 0) is 4.79 Å². The SMILES string of the molecule is CC/C(=C(/c1ccc(/C=C/C(=O)O)cc1)c1ccc(-c2cnco2)cc1)c1ccccc1. The molecule has 158 valence electrons. The molecule has 0 fully saturated rings. The van der Waals surface area contributed by atoms with Crippen molar-refractivity contribution in [1.82, 2.24) is 4.98 Å². The normalized spacial score (nSPS) is 12.0. The van der Waals surface area contributed by atoms with Crippen molar-refractivity contribution in [2.24, 2.45) is 0 Å². The number of oxazole rings is 1. The summed E-state index contributed by atoms with van der Waals surface area (Å²) in [5.41, 5.74) is 7.56. The van der Waals surface area contributed by atoms with Gasteiger partial charge in [0.15, 0.2) is 12.2 Å². The van der Waals surface area contributed by atoms with Crippen molar-refractivity contribution in [3.63, 3.8) is 0 Å². The van der Waals surface area contributed by atoms with Gasteiger partial charge in [0.05, 0.1) is 6.20 Å².